The van der Waals surface area contributed by atoms with Gasteiger partial charge in [0.15, 0.2) is 0 Å². The summed E-state index contributed by atoms with van der Waals surface area (Å²) in [4.78, 5) is 21.4. The van der Waals surface area contributed by atoms with Crippen molar-refractivity contribution in [1.82, 2.24) is 15.3 Å². The van der Waals surface area contributed by atoms with Gasteiger partial charge in [-0.1, -0.05) is 13.0 Å². The number of nitrogens with zero attached hydrogens (tertiary/aromatic N) is 2. The highest BCUT2D eigenvalue weighted by Gasteiger charge is 2.09. The molecule has 5 heteroatoms. The molecule has 0 unspecified atom stereocenters. The van der Waals surface area contributed by atoms with Crippen molar-refractivity contribution in [3.05, 3.63) is 45.7 Å². The van der Waals surface area contributed by atoms with Crippen LogP contribution >= 0.6 is 11.3 Å². The van der Waals surface area contributed by atoms with Crippen LogP contribution in [0.2, 0.25) is 0 Å². The lowest BCUT2D eigenvalue weighted by Gasteiger charge is -2.04. The van der Waals surface area contributed by atoms with E-state index in [9.17, 15) is 4.79 Å². The molecule has 0 saturated carbocycles. The van der Waals surface area contributed by atoms with Crippen molar-refractivity contribution in [1.29, 1.82) is 0 Å². The molecule has 0 aliphatic carbocycles. The van der Waals surface area contributed by atoms with E-state index < -0.39 is 0 Å². The van der Waals surface area contributed by atoms with E-state index in [1.165, 1.54) is 0 Å². The summed E-state index contributed by atoms with van der Waals surface area (Å²) in [6, 6.07) is 3.74. The highest BCUT2D eigenvalue weighted by atomic mass is 32.1. The van der Waals surface area contributed by atoms with Crippen molar-refractivity contribution in [2.45, 2.75) is 33.2 Å². The predicted octanol–water partition coefficient (Wildman–Crippen LogP) is 2.27. The zero-order chi connectivity index (χ0) is 13.7. The van der Waals surface area contributed by atoms with Crippen LogP contribution in [0.15, 0.2) is 24.5 Å². The number of rotatable bonds is 5. The minimum atomic E-state index is 0.0149. The van der Waals surface area contributed by atoms with Gasteiger partial charge in [0.25, 0.3) is 0 Å². The Balaban J connectivity index is 1.90. The Labute approximate surface area is 116 Å². The van der Waals surface area contributed by atoms with E-state index in [1.54, 1.807) is 23.7 Å². The zero-order valence-corrected chi connectivity index (χ0v) is 12.0. The van der Waals surface area contributed by atoms with E-state index in [2.05, 4.69) is 22.2 Å². The second-order valence-corrected chi connectivity index (χ2v) is 5.56. The van der Waals surface area contributed by atoms with Crippen molar-refractivity contribution in [2.24, 2.45) is 0 Å². The molecule has 0 saturated heterocycles. The Morgan fingerprint density at radius 3 is 3.00 bits per heavy atom. The van der Waals surface area contributed by atoms with Crippen LogP contribution in [-0.4, -0.2) is 15.9 Å². The van der Waals surface area contributed by atoms with Crippen molar-refractivity contribution in [2.75, 3.05) is 0 Å². The molecule has 0 aliphatic rings. The number of hydrogen-bond donors (Lipinski definition) is 1. The predicted molar refractivity (Wildman–Crippen MR) is 76.0 cm³/mol. The van der Waals surface area contributed by atoms with Gasteiger partial charge in [-0.25, -0.2) is 4.98 Å². The summed E-state index contributed by atoms with van der Waals surface area (Å²) in [5.74, 6) is 0.0149. The van der Waals surface area contributed by atoms with E-state index in [-0.39, 0.29) is 5.91 Å². The SMILES string of the molecule is CCc1nc(C)sc1CNC(=O)Cc1cccnc1. The fraction of sp³-hybridized carbons (Fsp3) is 0.357. The summed E-state index contributed by atoms with van der Waals surface area (Å²) in [6.07, 6.45) is 4.69. The van der Waals surface area contributed by atoms with E-state index >= 15 is 0 Å². The number of amides is 1. The first kappa shape index (κ1) is 13.7. The third-order valence-electron chi connectivity index (χ3n) is 2.75. The number of thiazole rings is 1. The lowest BCUT2D eigenvalue weighted by atomic mass is 10.2. The Bertz CT molecular complexity index is 551. The van der Waals surface area contributed by atoms with Crippen LogP contribution < -0.4 is 5.32 Å². The molecule has 1 amide bonds. The fourth-order valence-electron chi connectivity index (χ4n) is 1.86. The first-order chi connectivity index (χ1) is 9.19. The number of pyridine rings is 1. The van der Waals surface area contributed by atoms with Crippen LogP contribution in [0, 0.1) is 6.92 Å². The van der Waals surface area contributed by atoms with Gasteiger partial charge in [0.1, 0.15) is 0 Å². The quantitative estimate of drug-likeness (QED) is 0.910. The summed E-state index contributed by atoms with van der Waals surface area (Å²) in [6.45, 7) is 4.63. The second-order valence-electron chi connectivity index (χ2n) is 4.27. The van der Waals surface area contributed by atoms with Gasteiger partial charge < -0.3 is 5.32 Å². The number of hydrogen-bond acceptors (Lipinski definition) is 4. The molecule has 0 radical (unpaired) electrons. The third-order valence-corrected chi connectivity index (χ3v) is 3.77. The fourth-order valence-corrected chi connectivity index (χ4v) is 2.82. The monoisotopic (exact) mass is 275 g/mol. The number of nitrogens with one attached hydrogen (secondary N) is 1. The van der Waals surface area contributed by atoms with Gasteiger partial charge in [-0.3, -0.25) is 9.78 Å². The van der Waals surface area contributed by atoms with Crippen LogP contribution in [0.25, 0.3) is 0 Å². The normalized spacial score (nSPS) is 10.4. The van der Waals surface area contributed by atoms with E-state index in [0.29, 0.717) is 13.0 Å². The summed E-state index contributed by atoms with van der Waals surface area (Å²) < 4.78 is 0. The molecule has 0 spiro atoms. The Morgan fingerprint density at radius 1 is 1.47 bits per heavy atom. The van der Waals surface area contributed by atoms with Crippen LogP contribution in [0.3, 0.4) is 0 Å². The summed E-state index contributed by atoms with van der Waals surface area (Å²) in [5, 5.41) is 3.99. The maximum absolute atomic E-state index is 11.8. The van der Waals surface area contributed by atoms with Gasteiger partial charge in [-0.05, 0) is 25.0 Å². The number of carbonyl (C=O) groups is 1. The first-order valence-electron chi connectivity index (χ1n) is 6.29. The molecule has 2 heterocycles. The Hall–Kier alpha value is -1.75. The summed E-state index contributed by atoms with van der Waals surface area (Å²) in [7, 11) is 0. The topological polar surface area (TPSA) is 54.9 Å². The van der Waals surface area contributed by atoms with Crippen LogP contribution in [0.5, 0.6) is 0 Å². The van der Waals surface area contributed by atoms with Gasteiger partial charge in [-0.15, -0.1) is 11.3 Å². The van der Waals surface area contributed by atoms with E-state index in [4.69, 9.17) is 0 Å². The first-order valence-corrected chi connectivity index (χ1v) is 7.11. The van der Waals surface area contributed by atoms with E-state index in [0.717, 1.165) is 27.6 Å². The zero-order valence-electron chi connectivity index (χ0n) is 11.1. The van der Waals surface area contributed by atoms with Crippen molar-refractivity contribution in [3.63, 3.8) is 0 Å². The van der Waals surface area contributed by atoms with Gasteiger partial charge >= 0.3 is 0 Å². The van der Waals surface area contributed by atoms with Crippen LogP contribution in [0.4, 0.5) is 0 Å². The average molecular weight is 275 g/mol. The molecule has 0 aliphatic heterocycles. The third kappa shape index (κ3) is 3.86. The number of aryl methyl sites for hydroxylation is 2. The second kappa shape index (κ2) is 6.43. The average Bonchev–Trinajstić information content (AvgIpc) is 2.78. The van der Waals surface area contributed by atoms with Gasteiger partial charge in [0.05, 0.1) is 23.7 Å². The molecule has 2 rings (SSSR count). The molecule has 19 heavy (non-hydrogen) atoms. The highest BCUT2D eigenvalue weighted by Crippen LogP contribution is 2.18. The molecular weight excluding hydrogens is 258 g/mol. The summed E-state index contributed by atoms with van der Waals surface area (Å²) >= 11 is 1.65. The largest absolute Gasteiger partial charge is 0.351 e. The van der Waals surface area contributed by atoms with E-state index in [1.807, 2.05) is 19.1 Å². The highest BCUT2D eigenvalue weighted by molar-refractivity contribution is 7.11. The maximum atomic E-state index is 11.8. The molecule has 2 aromatic heterocycles. The molecular formula is C14H17N3OS. The standard InChI is InChI=1S/C14H17N3OS/c1-3-12-13(19-10(2)17-12)9-16-14(18)7-11-5-4-6-15-8-11/h4-6,8H,3,7,9H2,1-2H3,(H,16,18). The van der Waals surface area contributed by atoms with Crippen LogP contribution in [-0.2, 0) is 24.2 Å². The Kier molecular flexibility index (Phi) is 4.63. The van der Waals surface area contributed by atoms with Crippen molar-refractivity contribution < 1.29 is 4.79 Å². The molecule has 1 N–H and O–H groups in total. The molecule has 0 bridgehead atoms. The molecule has 0 fully saturated rings. The van der Waals surface area contributed by atoms with Crippen molar-refractivity contribution >= 4 is 17.2 Å². The smallest absolute Gasteiger partial charge is 0.224 e. The van der Waals surface area contributed by atoms with Gasteiger partial charge in [0.2, 0.25) is 5.91 Å². The van der Waals surface area contributed by atoms with Gasteiger partial charge in [-0.2, -0.15) is 0 Å². The molecule has 100 valence electrons. The Morgan fingerprint density at radius 2 is 2.32 bits per heavy atom. The molecule has 0 atom stereocenters. The molecule has 2 aromatic rings. The molecule has 0 aromatic carbocycles. The van der Waals surface area contributed by atoms with Gasteiger partial charge in [0, 0.05) is 17.3 Å². The molecule has 4 nitrogen and oxygen atoms in total. The number of carbonyl (C=O) groups excluding carboxylic acids is 1. The minimum absolute atomic E-state index is 0.0149. The van der Waals surface area contributed by atoms with Crippen molar-refractivity contribution in [3.8, 4) is 0 Å². The van der Waals surface area contributed by atoms with Crippen LogP contribution in [0.1, 0.15) is 28.1 Å². The maximum Gasteiger partial charge on any atom is 0.224 e. The number of aromatic nitrogens is 2. The summed E-state index contributed by atoms with van der Waals surface area (Å²) in [5.41, 5.74) is 2.01. The lowest BCUT2D eigenvalue weighted by Crippen LogP contribution is -2.24. The minimum Gasteiger partial charge on any atom is -0.351 e. The lowest BCUT2D eigenvalue weighted by molar-refractivity contribution is -0.120.